The second-order valence-corrected chi connectivity index (χ2v) is 5.03. The van der Waals surface area contributed by atoms with Gasteiger partial charge in [0.2, 0.25) is 0 Å². The fourth-order valence-corrected chi connectivity index (χ4v) is 2.90. The van der Waals surface area contributed by atoms with Gasteiger partial charge in [0, 0.05) is 13.1 Å². The van der Waals surface area contributed by atoms with E-state index in [1.165, 1.54) is 25.7 Å². The lowest BCUT2D eigenvalue weighted by Gasteiger charge is -2.34. The van der Waals surface area contributed by atoms with Crippen LogP contribution in [-0.2, 0) is 0 Å². The molecule has 0 bridgehead atoms. The fourth-order valence-electron chi connectivity index (χ4n) is 2.90. The van der Waals surface area contributed by atoms with E-state index in [2.05, 4.69) is 22.9 Å². The lowest BCUT2D eigenvalue weighted by atomic mass is 9.97. The van der Waals surface area contributed by atoms with Crippen molar-refractivity contribution >= 4 is 0 Å². The second-order valence-electron chi connectivity index (χ2n) is 5.03. The van der Waals surface area contributed by atoms with Crippen molar-refractivity contribution in [2.75, 3.05) is 33.2 Å². The molecule has 0 aromatic heterocycles. The zero-order valence-electron chi connectivity index (χ0n) is 9.71. The highest BCUT2D eigenvalue weighted by molar-refractivity contribution is 5.13. The van der Waals surface area contributed by atoms with Gasteiger partial charge in [-0.3, -0.25) is 4.90 Å². The van der Waals surface area contributed by atoms with Crippen LogP contribution < -0.4 is 0 Å². The molecule has 2 aliphatic rings. The average molecular weight is 207 g/mol. The van der Waals surface area contributed by atoms with Crippen LogP contribution in [-0.4, -0.2) is 48.6 Å². The van der Waals surface area contributed by atoms with Gasteiger partial charge < -0.3 is 4.90 Å². The smallest absolute Gasteiger partial charge is 0.123 e. The van der Waals surface area contributed by atoms with E-state index < -0.39 is 0 Å². The van der Waals surface area contributed by atoms with Gasteiger partial charge in [-0.25, -0.2) is 0 Å². The molecule has 0 saturated carbocycles. The molecule has 1 unspecified atom stereocenters. The highest BCUT2D eigenvalue weighted by Crippen LogP contribution is 2.28. The van der Waals surface area contributed by atoms with Crippen LogP contribution in [0.2, 0.25) is 0 Å². The predicted molar refractivity (Wildman–Crippen MR) is 60.5 cm³/mol. The molecule has 3 nitrogen and oxygen atoms in total. The lowest BCUT2D eigenvalue weighted by molar-refractivity contribution is 0.148. The van der Waals surface area contributed by atoms with Gasteiger partial charge in [-0.2, -0.15) is 5.26 Å². The number of rotatable bonds is 1. The maximum Gasteiger partial charge on any atom is 0.123 e. The quantitative estimate of drug-likeness (QED) is 0.652. The summed E-state index contributed by atoms with van der Waals surface area (Å²) in [6.45, 7) is 4.26. The highest BCUT2D eigenvalue weighted by atomic mass is 15.3. The minimum absolute atomic E-state index is 0.168. The van der Waals surface area contributed by atoms with Crippen LogP contribution in [0.4, 0.5) is 0 Å². The molecule has 0 aromatic carbocycles. The molecule has 2 aliphatic heterocycles. The van der Waals surface area contributed by atoms with Gasteiger partial charge in [0.25, 0.3) is 0 Å². The first-order valence-electron chi connectivity index (χ1n) is 6.12. The summed E-state index contributed by atoms with van der Waals surface area (Å²) < 4.78 is 0. The summed E-state index contributed by atoms with van der Waals surface area (Å²) in [5.41, 5.74) is -0.168. The Labute approximate surface area is 92.7 Å². The van der Waals surface area contributed by atoms with Crippen LogP contribution in [0, 0.1) is 11.3 Å². The molecule has 1 atom stereocenters. The number of likely N-dealkylation sites (N-methyl/N-ethyl adjacent to an activating group) is 1. The monoisotopic (exact) mass is 207 g/mol. The first-order chi connectivity index (χ1) is 7.27. The van der Waals surface area contributed by atoms with Gasteiger partial charge in [-0.15, -0.1) is 0 Å². The Kier molecular flexibility index (Phi) is 3.28. The van der Waals surface area contributed by atoms with Crippen LogP contribution >= 0.6 is 0 Å². The zero-order valence-corrected chi connectivity index (χ0v) is 9.71. The Morgan fingerprint density at radius 3 is 2.20 bits per heavy atom. The third-order valence-corrected chi connectivity index (χ3v) is 3.86. The third kappa shape index (κ3) is 2.16. The average Bonchev–Trinajstić information content (AvgIpc) is 2.49. The number of nitriles is 1. The Morgan fingerprint density at radius 1 is 1.07 bits per heavy atom. The molecule has 0 aliphatic carbocycles. The van der Waals surface area contributed by atoms with Gasteiger partial charge in [0.15, 0.2) is 0 Å². The standard InChI is InChI=1S/C12H21N3/c1-14-9-6-12(10-13,11-14)15-7-4-2-3-5-8-15/h2-9,11H2,1H3. The van der Waals surface area contributed by atoms with E-state index in [9.17, 15) is 5.26 Å². The molecule has 15 heavy (non-hydrogen) atoms. The van der Waals surface area contributed by atoms with E-state index in [-0.39, 0.29) is 5.54 Å². The van der Waals surface area contributed by atoms with Gasteiger partial charge in [-0.1, -0.05) is 12.8 Å². The molecule has 0 amide bonds. The Bertz CT molecular complexity index is 250. The molecular formula is C12H21N3. The van der Waals surface area contributed by atoms with Crippen molar-refractivity contribution in [1.82, 2.24) is 9.80 Å². The van der Waals surface area contributed by atoms with Gasteiger partial charge in [0.05, 0.1) is 6.07 Å². The van der Waals surface area contributed by atoms with Gasteiger partial charge in [0.1, 0.15) is 5.54 Å². The Hall–Kier alpha value is -0.590. The predicted octanol–water partition coefficient (Wildman–Crippen LogP) is 1.46. The topological polar surface area (TPSA) is 30.3 Å². The molecule has 0 radical (unpaired) electrons. The zero-order chi connectivity index (χ0) is 10.7. The molecule has 2 rings (SSSR count). The SMILES string of the molecule is CN1CCC(C#N)(N2CCCCCC2)C1. The van der Waals surface area contributed by atoms with E-state index >= 15 is 0 Å². The number of likely N-dealkylation sites (tertiary alicyclic amines) is 2. The van der Waals surface area contributed by atoms with E-state index in [0.717, 1.165) is 32.6 Å². The maximum absolute atomic E-state index is 9.46. The molecule has 2 saturated heterocycles. The molecule has 2 heterocycles. The number of hydrogen-bond acceptors (Lipinski definition) is 3. The Morgan fingerprint density at radius 2 is 1.73 bits per heavy atom. The van der Waals surface area contributed by atoms with Gasteiger partial charge in [-0.05, 0) is 39.4 Å². The number of hydrogen-bond donors (Lipinski definition) is 0. The summed E-state index contributed by atoms with van der Waals surface area (Å²) in [5, 5.41) is 9.46. The minimum Gasteiger partial charge on any atom is -0.303 e. The summed E-state index contributed by atoms with van der Waals surface area (Å²) in [6, 6.07) is 2.59. The third-order valence-electron chi connectivity index (χ3n) is 3.86. The van der Waals surface area contributed by atoms with Crippen molar-refractivity contribution in [2.45, 2.75) is 37.6 Å². The molecule has 84 valence electrons. The summed E-state index contributed by atoms with van der Waals surface area (Å²) in [7, 11) is 2.12. The lowest BCUT2D eigenvalue weighted by Crippen LogP contribution is -2.49. The van der Waals surface area contributed by atoms with Crippen LogP contribution in [0.25, 0.3) is 0 Å². The van der Waals surface area contributed by atoms with Crippen molar-refractivity contribution in [3.05, 3.63) is 0 Å². The molecule has 0 N–H and O–H groups in total. The van der Waals surface area contributed by atoms with E-state index in [4.69, 9.17) is 0 Å². The van der Waals surface area contributed by atoms with Crippen LogP contribution in [0.1, 0.15) is 32.1 Å². The van der Waals surface area contributed by atoms with E-state index in [1.54, 1.807) is 0 Å². The molecule has 3 heteroatoms. The van der Waals surface area contributed by atoms with E-state index in [1.807, 2.05) is 0 Å². The van der Waals surface area contributed by atoms with Crippen LogP contribution in [0.15, 0.2) is 0 Å². The first-order valence-corrected chi connectivity index (χ1v) is 6.12. The molecule has 0 spiro atoms. The van der Waals surface area contributed by atoms with Crippen molar-refractivity contribution in [1.29, 1.82) is 5.26 Å². The summed E-state index contributed by atoms with van der Waals surface area (Å²) in [5.74, 6) is 0. The molecular weight excluding hydrogens is 186 g/mol. The van der Waals surface area contributed by atoms with Crippen LogP contribution in [0.3, 0.4) is 0 Å². The van der Waals surface area contributed by atoms with Crippen LogP contribution in [0.5, 0.6) is 0 Å². The van der Waals surface area contributed by atoms with Crippen molar-refractivity contribution in [2.24, 2.45) is 0 Å². The second kappa shape index (κ2) is 4.51. The summed E-state index contributed by atoms with van der Waals surface area (Å²) >= 11 is 0. The van der Waals surface area contributed by atoms with Crippen molar-refractivity contribution in [3.8, 4) is 6.07 Å². The fraction of sp³-hybridized carbons (Fsp3) is 0.917. The highest BCUT2D eigenvalue weighted by Gasteiger charge is 2.42. The van der Waals surface area contributed by atoms with Crippen molar-refractivity contribution < 1.29 is 0 Å². The maximum atomic E-state index is 9.46. The summed E-state index contributed by atoms with van der Waals surface area (Å²) in [4.78, 5) is 4.73. The van der Waals surface area contributed by atoms with Crippen molar-refractivity contribution in [3.63, 3.8) is 0 Å². The minimum atomic E-state index is -0.168. The summed E-state index contributed by atoms with van der Waals surface area (Å²) in [6.07, 6.45) is 6.25. The molecule has 2 fully saturated rings. The molecule has 0 aromatic rings. The first kappa shape index (κ1) is 10.9. The Balaban J connectivity index is 2.08. The number of nitrogens with zero attached hydrogens (tertiary/aromatic N) is 3. The van der Waals surface area contributed by atoms with E-state index in [0.29, 0.717) is 0 Å². The largest absolute Gasteiger partial charge is 0.303 e. The van der Waals surface area contributed by atoms with Gasteiger partial charge >= 0.3 is 0 Å². The normalized spacial score (nSPS) is 34.9.